The molecule has 100 valence electrons. The number of carbonyl (C=O) groups is 3. The minimum atomic E-state index is -1.09. The normalized spacial score (nSPS) is 10.3. The molecule has 1 aromatic heterocycles. The van der Waals surface area contributed by atoms with Crippen molar-refractivity contribution >= 4 is 23.9 Å². The van der Waals surface area contributed by atoms with E-state index in [1.807, 2.05) is 0 Å². The van der Waals surface area contributed by atoms with Gasteiger partial charge in [-0.05, 0) is 17.7 Å². The van der Waals surface area contributed by atoms with E-state index in [9.17, 15) is 14.4 Å². The Labute approximate surface area is 109 Å². The molecule has 0 aliphatic rings. The molecule has 1 rings (SSSR count). The quantitative estimate of drug-likeness (QED) is 0.612. The van der Waals surface area contributed by atoms with Crippen LogP contribution in [0.15, 0.2) is 24.5 Å². The highest BCUT2D eigenvalue weighted by atomic mass is 16.4. The number of pyridine rings is 1. The summed E-state index contributed by atoms with van der Waals surface area (Å²) in [5.41, 5.74) is 5.71. The third-order valence-corrected chi connectivity index (χ3v) is 2.10. The molecule has 0 saturated heterocycles. The maximum Gasteiger partial charge on any atom is 0.328 e. The second-order valence-corrected chi connectivity index (χ2v) is 3.65. The lowest BCUT2D eigenvalue weighted by molar-refractivity contribution is -0.131. The Hall–Kier alpha value is -2.70. The van der Waals surface area contributed by atoms with E-state index in [-0.39, 0.29) is 18.5 Å². The molecule has 0 aromatic carbocycles. The van der Waals surface area contributed by atoms with Crippen LogP contribution < -0.4 is 11.1 Å². The highest BCUT2D eigenvalue weighted by molar-refractivity contribution is 5.95. The number of carboxylic acid groups (broad SMARTS) is 1. The van der Waals surface area contributed by atoms with Crippen LogP contribution in [-0.4, -0.2) is 34.4 Å². The van der Waals surface area contributed by atoms with Gasteiger partial charge in [-0.25, -0.2) is 4.79 Å². The van der Waals surface area contributed by atoms with E-state index >= 15 is 0 Å². The van der Waals surface area contributed by atoms with Gasteiger partial charge in [-0.15, -0.1) is 0 Å². The lowest BCUT2D eigenvalue weighted by atomic mass is 10.2. The van der Waals surface area contributed by atoms with E-state index in [0.29, 0.717) is 5.56 Å². The molecule has 1 aromatic rings. The van der Waals surface area contributed by atoms with Gasteiger partial charge in [0.05, 0.1) is 5.56 Å². The fraction of sp³-hybridized carbons (Fsp3) is 0.167. The van der Waals surface area contributed by atoms with Crippen molar-refractivity contribution in [1.29, 1.82) is 0 Å². The summed E-state index contributed by atoms with van der Waals surface area (Å²) in [5, 5.41) is 11.0. The number of hydrogen-bond donors (Lipinski definition) is 3. The van der Waals surface area contributed by atoms with Gasteiger partial charge >= 0.3 is 5.97 Å². The summed E-state index contributed by atoms with van der Waals surface area (Å²) in [6.45, 7) is 0.142. The number of hydrogen-bond acceptors (Lipinski definition) is 4. The van der Waals surface area contributed by atoms with Crippen LogP contribution in [0.2, 0.25) is 0 Å². The first kappa shape index (κ1) is 14.4. The van der Waals surface area contributed by atoms with Crippen molar-refractivity contribution in [1.82, 2.24) is 10.3 Å². The van der Waals surface area contributed by atoms with Crippen LogP contribution in [0.3, 0.4) is 0 Å². The average Bonchev–Trinajstić information content (AvgIpc) is 2.36. The van der Waals surface area contributed by atoms with E-state index in [2.05, 4.69) is 10.3 Å². The predicted octanol–water partition coefficient (Wildman–Crippen LogP) is -0.215. The lowest BCUT2D eigenvalue weighted by Crippen LogP contribution is -2.27. The molecule has 0 aliphatic carbocycles. The maximum absolute atomic E-state index is 11.7. The van der Waals surface area contributed by atoms with Gasteiger partial charge in [0.25, 0.3) is 5.91 Å². The number of carbonyl (C=O) groups excluding carboxylic acids is 2. The lowest BCUT2D eigenvalue weighted by Gasteiger charge is -2.04. The molecule has 0 saturated carbocycles. The molecule has 0 unspecified atom stereocenters. The van der Waals surface area contributed by atoms with Crippen molar-refractivity contribution in [2.75, 3.05) is 6.54 Å². The molecule has 0 radical (unpaired) electrons. The van der Waals surface area contributed by atoms with Crippen molar-refractivity contribution in [3.05, 3.63) is 35.7 Å². The topological polar surface area (TPSA) is 122 Å². The fourth-order valence-electron chi connectivity index (χ4n) is 1.24. The molecule has 0 atom stereocenters. The Morgan fingerprint density at radius 1 is 1.37 bits per heavy atom. The third kappa shape index (κ3) is 5.44. The zero-order valence-corrected chi connectivity index (χ0v) is 10.00. The summed E-state index contributed by atoms with van der Waals surface area (Å²) in [7, 11) is 0. The van der Waals surface area contributed by atoms with Gasteiger partial charge in [-0.2, -0.15) is 0 Å². The summed E-state index contributed by atoms with van der Waals surface area (Å²) in [4.78, 5) is 36.4. The number of primary amides is 1. The number of aliphatic carboxylic acids is 1. The van der Waals surface area contributed by atoms with E-state index in [1.54, 1.807) is 0 Å². The second-order valence-electron chi connectivity index (χ2n) is 3.65. The van der Waals surface area contributed by atoms with Gasteiger partial charge in [0.15, 0.2) is 0 Å². The number of nitrogens with zero attached hydrogens (tertiary/aromatic N) is 1. The van der Waals surface area contributed by atoms with Crippen LogP contribution in [0.4, 0.5) is 0 Å². The highest BCUT2D eigenvalue weighted by Gasteiger charge is 2.06. The maximum atomic E-state index is 11.7. The molecule has 0 bridgehead atoms. The smallest absolute Gasteiger partial charge is 0.328 e. The summed E-state index contributed by atoms with van der Waals surface area (Å²) < 4.78 is 0. The predicted molar refractivity (Wildman–Crippen MR) is 67.1 cm³/mol. The van der Waals surface area contributed by atoms with Gasteiger partial charge in [0.1, 0.15) is 0 Å². The van der Waals surface area contributed by atoms with E-state index < -0.39 is 17.8 Å². The van der Waals surface area contributed by atoms with Crippen LogP contribution in [-0.2, 0) is 9.59 Å². The molecule has 4 N–H and O–H groups in total. The van der Waals surface area contributed by atoms with E-state index in [1.165, 1.54) is 24.5 Å². The first-order valence-electron chi connectivity index (χ1n) is 5.41. The number of amides is 2. The molecular weight excluding hydrogens is 250 g/mol. The molecule has 0 fully saturated rings. The fourth-order valence-corrected chi connectivity index (χ4v) is 1.24. The second kappa shape index (κ2) is 6.90. The average molecular weight is 263 g/mol. The molecule has 7 heteroatoms. The van der Waals surface area contributed by atoms with Crippen molar-refractivity contribution in [2.45, 2.75) is 6.42 Å². The number of aromatic nitrogens is 1. The Bertz CT molecular complexity index is 525. The van der Waals surface area contributed by atoms with Crippen LogP contribution in [0.5, 0.6) is 0 Å². The number of carboxylic acids is 1. The summed E-state index contributed by atoms with van der Waals surface area (Å²) in [5.74, 6) is -1.99. The van der Waals surface area contributed by atoms with Crippen LogP contribution >= 0.6 is 0 Å². The Morgan fingerprint density at radius 3 is 2.74 bits per heavy atom. The standard InChI is InChI=1S/C12H13N3O4/c13-10(16)3-4-15-12(19)9-5-8(6-14-7-9)1-2-11(17)18/h1-2,5-7H,3-4H2,(H2,13,16)(H,15,19)(H,17,18)/b2-1+. The zero-order valence-electron chi connectivity index (χ0n) is 10.00. The summed E-state index contributed by atoms with van der Waals surface area (Å²) in [6, 6.07) is 1.49. The monoisotopic (exact) mass is 263 g/mol. The number of nitrogens with two attached hydrogens (primary N) is 1. The third-order valence-electron chi connectivity index (χ3n) is 2.10. The first-order valence-corrected chi connectivity index (χ1v) is 5.41. The van der Waals surface area contributed by atoms with Crippen LogP contribution in [0.25, 0.3) is 6.08 Å². The molecule has 1 heterocycles. The molecule has 7 nitrogen and oxygen atoms in total. The van der Waals surface area contributed by atoms with Gasteiger partial charge in [0, 0.05) is 31.4 Å². The van der Waals surface area contributed by atoms with Crippen LogP contribution in [0.1, 0.15) is 22.3 Å². The largest absolute Gasteiger partial charge is 0.478 e. The minimum Gasteiger partial charge on any atom is -0.478 e. The Balaban J connectivity index is 2.67. The zero-order chi connectivity index (χ0) is 14.3. The molecule has 19 heavy (non-hydrogen) atoms. The SMILES string of the molecule is NC(=O)CCNC(=O)c1cncc(/C=C/C(=O)O)c1. The Morgan fingerprint density at radius 2 is 2.11 bits per heavy atom. The van der Waals surface area contributed by atoms with Gasteiger partial charge in [0.2, 0.25) is 5.91 Å². The molecule has 0 aliphatic heterocycles. The van der Waals surface area contributed by atoms with Gasteiger partial charge in [-0.3, -0.25) is 14.6 Å². The molecular formula is C12H13N3O4. The van der Waals surface area contributed by atoms with E-state index in [0.717, 1.165) is 6.08 Å². The van der Waals surface area contributed by atoms with Crippen LogP contribution in [0, 0.1) is 0 Å². The van der Waals surface area contributed by atoms with E-state index in [4.69, 9.17) is 10.8 Å². The summed E-state index contributed by atoms with van der Waals surface area (Å²) in [6.07, 6.45) is 5.11. The van der Waals surface area contributed by atoms with Gasteiger partial charge < -0.3 is 16.2 Å². The number of nitrogens with one attached hydrogen (secondary N) is 1. The highest BCUT2D eigenvalue weighted by Crippen LogP contribution is 2.04. The Kier molecular flexibility index (Phi) is 5.21. The summed E-state index contributed by atoms with van der Waals surface area (Å²) >= 11 is 0. The van der Waals surface area contributed by atoms with Crippen molar-refractivity contribution < 1.29 is 19.5 Å². The van der Waals surface area contributed by atoms with Crippen molar-refractivity contribution in [3.63, 3.8) is 0 Å². The molecule has 2 amide bonds. The molecule has 0 spiro atoms. The van der Waals surface area contributed by atoms with Gasteiger partial charge in [-0.1, -0.05) is 0 Å². The van der Waals surface area contributed by atoms with Crippen molar-refractivity contribution in [2.24, 2.45) is 5.73 Å². The van der Waals surface area contributed by atoms with Crippen molar-refractivity contribution in [3.8, 4) is 0 Å². The first-order chi connectivity index (χ1) is 8.99. The number of rotatable bonds is 6. The minimum absolute atomic E-state index is 0.0533.